The fourth-order valence-electron chi connectivity index (χ4n) is 8.12. The average Bonchev–Trinajstić information content (AvgIpc) is 3.21. The quantitative estimate of drug-likeness (QED) is 0.400. The lowest BCUT2D eigenvalue weighted by atomic mass is 9.47. The Morgan fingerprint density at radius 3 is 2.58 bits per heavy atom. The molecule has 4 N–H and O–H groups in total. The van der Waals surface area contributed by atoms with E-state index >= 15 is 0 Å². The molecule has 0 spiro atoms. The summed E-state index contributed by atoms with van der Waals surface area (Å²) in [6.45, 7) is 4.28. The van der Waals surface area contributed by atoms with Crippen LogP contribution in [0.15, 0.2) is 47.1 Å². The molecule has 3 fully saturated rings. The number of aliphatic hydroxyl groups excluding tert-OH is 2. The summed E-state index contributed by atoms with van der Waals surface area (Å²) in [6.07, 6.45) is 8.86. The maximum Gasteiger partial charge on any atom is 0.329 e. The van der Waals surface area contributed by atoms with Crippen molar-refractivity contribution in [3.05, 3.63) is 47.5 Å². The van der Waals surface area contributed by atoms with Crippen LogP contribution in [0.2, 0.25) is 0 Å². The third kappa shape index (κ3) is 4.77. The first-order valence-electron chi connectivity index (χ1n) is 14.0. The van der Waals surface area contributed by atoms with Crippen LogP contribution in [0.1, 0.15) is 76.9 Å². The van der Waals surface area contributed by atoms with Gasteiger partial charge in [0.2, 0.25) is 0 Å². The zero-order chi connectivity index (χ0) is 27.1. The smallest absolute Gasteiger partial charge is 0.329 e. The topological polar surface area (TPSA) is 128 Å². The summed E-state index contributed by atoms with van der Waals surface area (Å²) in [5, 5.41) is 37.2. The van der Waals surface area contributed by atoms with E-state index in [1.165, 1.54) is 5.57 Å². The van der Waals surface area contributed by atoms with Gasteiger partial charge in [-0.25, -0.2) is 4.79 Å². The number of amides is 1. The maximum atomic E-state index is 12.4. The van der Waals surface area contributed by atoms with E-state index in [1.54, 1.807) is 30.3 Å². The van der Waals surface area contributed by atoms with E-state index in [0.717, 1.165) is 57.1 Å². The molecular formula is C30H40N2O6. The first kappa shape index (κ1) is 26.9. The van der Waals surface area contributed by atoms with Crippen LogP contribution >= 0.6 is 0 Å². The van der Waals surface area contributed by atoms with E-state index in [9.17, 15) is 24.9 Å². The average molecular weight is 525 g/mol. The third-order valence-corrected chi connectivity index (χ3v) is 10.3. The van der Waals surface area contributed by atoms with E-state index in [0.29, 0.717) is 23.3 Å². The first-order valence-corrected chi connectivity index (χ1v) is 14.0. The van der Waals surface area contributed by atoms with Gasteiger partial charge in [-0.1, -0.05) is 54.9 Å². The number of oxime groups is 1. The van der Waals surface area contributed by atoms with Gasteiger partial charge in [0.25, 0.3) is 5.91 Å². The number of carbonyl (C=O) groups is 2. The number of rotatable bonds is 7. The molecule has 3 saturated carbocycles. The minimum absolute atomic E-state index is 0.0746. The minimum atomic E-state index is -1.49. The number of aliphatic hydroxyl groups is 2. The molecule has 8 nitrogen and oxygen atoms in total. The van der Waals surface area contributed by atoms with Crippen molar-refractivity contribution < 1.29 is 29.7 Å². The van der Waals surface area contributed by atoms with Gasteiger partial charge in [-0.05, 0) is 91.6 Å². The fourth-order valence-corrected chi connectivity index (χ4v) is 8.12. The lowest BCUT2D eigenvalue weighted by molar-refractivity contribution is -0.146. The summed E-state index contributed by atoms with van der Waals surface area (Å²) in [4.78, 5) is 29.4. The molecule has 38 heavy (non-hydrogen) atoms. The van der Waals surface area contributed by atoms with Crippen LogP contribution in [-0.2, 0) is 14.4 Å². The van der Waals surface area contributed by atoms with Crippen molar-refractivity contribution in [1.29, 1.82) is 0 Å². The minimum Gasteiger partial charge on any atom is -0.480 e. The van der Waals surface area contributed by atoms with Crippen molar-refractivity contribution in [2.45, 2.75) is 83.5 Å². The molecule has 6 unspecified atom stereocenters. The van der Waals surface area contributed by atoms with Gasteiger partial charge in [0.15, 0.2) is 12.6 Å². The van der Waals surface area contributed by atoms with Crippen LogP contribution in [0.5, 0.6) is 0 Å². The number of nitrogens with zero attached hydrogens (tertiary/aromatic N) is 1. The Bertz CT molecular complexity index is 1120. The highest BCUT2D eigenvalue weighted by atomic mass is 16.6. The van der Waals surface area contributed by atoms with Gasteiger partial charge in [0.1, 0.15) is 6.10 Å². The molecule has 0 aromatic heterocycles. The molecule has 8 heteroatoms. The van der Waals surface area contributed by atoms with E-state index in [-0.39, 0.29) is 16.9 Å². The predicted molar refractivity (Wildman–Crippen MR) is 142 cm³/mol. The molecule has 0 heterocycles. The first-order chi connectivity index (χ1) is 18.1. The van der Waals surface area contributed by atoms with Gasteiger partial charge in [0, 0.05) is 0 Å². The Kier molecular flexibility index (Phi) is 7.40. The molecule has 8 atom stereocenters. The summed E-state index contributed by atoms with van der Waals surface area (Å²) < 4.78 is 0. The van der Waals surface area contributed by atoms with Crippen LogP contribution < -0.4 is 5.32 Å². The monoisotopic (exact) mass is 524 g/mol. The normalized spacial score (nSPS) is 36.7. The number of carboxylic acid groups (broad SMARTS) is 1. The van der Waals surface area contributed by atoms with Crippen LogP contribution in [0.3, 0.4) is 0 Å². The van der Waals surface area contributed by atoms with Crippen LogP contribution in [0.4, 0.5) is 0 Å². The highest BCUT2D eigenvalue weighted by Crippen LogP contribution is 2.65. The number of carbonyl (C=O) groups excluding carboxylic acids is 1. The van der Waals surface area contributed by atoms with Gasteiger partial charge in [-0.3, -0.25) is 4.79 Å². The number of benzene rings is 1. The molecule has 1 amide bonds. The van der Waals surface area contributed by atoms with Crippen LogP contribution in [-0.4, -0.2) is 51.7 Å². The Morgan fingerprint density at radius 1 is 1.08 bits per heavy atom. The number of carboxylic acids is 1. The fraction of sp³-hybridized carbons (Fsp3) is 0.633. The maximum absolute atomic E-state index is 12.4. The zero-order valence-electron chi connectivity index (χ0n) is 22.3. The second-order valence-electron chi connectivity index (χ2n) is 12.2. The van der Waals surface area contributed by atoms with Gasteiger partial charge >= 0.3 is 5.97 Å². The molecule has 0 saturated heterocycles. The van der Waals surface area contributed by atoms with Crippen molar-refractivity contribution in [1.82, 2.24) is 5.32 Å². The number of nitrogens with one attached hydrogen (secondary N) is 1. The van der Waals surface area contributed by atoms with Gasteiger partial charge < -0.3 is 25.5 Å². The van der Waals surface area contributed by atoms with Crippen molar-refractivity contribution >= 4 is 17.6 Å². The summed E-state index contributed by atoms with van der Waals surface area (Å²) in [5.74, 6) is -0.0813. The molecule has 4 aliphatic carbocycles. The molecule has 0 radical (unpaired) electrons. The van der Waals surface area contributed by atoms with E-state index in [2.05, 4.69) is 30.4 Å². The van der Waals surface area contributed by atoms with Gasteiger partial charge in [0.05, 0.1) is 11.8 Å². The van der Waals surface area contributed by atoms with Crippen molar-refractivity contribution in [3.63, 3.8) is 0 Å². The third-order valence-electron chi connectivity index (χ3n) is 10.3. The standard InChI is InChI=1S/C30H40N2O6/c1-29-14-12-20(16-19(29)8-9-21-22-10-11-24(33)30(22,2)15-13-23(21)29)32-38-17-25(34)31-26(28(36)37)27(35)18-6-4-3-5-7-18/h3-7,16,21-24,26-27,33,35H,8-15,17H2,1-2H3,(H,31,34)(H,36,37)/b32-20+/t21?,22?,23?,24?,26?,27?,29-,30-/m1/s1. The lowest BCUT2D eigenvalue weighted by Gasteiger charge is -2.57. The molecule has 206 valence electrons. The van der Waals surface area contributed by atoms with E-state index < -0.39 is 30.6 Å². The Labute approximate surface area is 224 Å². The highest BCUT2D eigenvalue weighted by Gasteiger charge is 2.58. The Balaban J connectivity index is 1.19. The molecular weight excluding hydrogens is 484 g/mol. The van der Waals surface area contributed by atoms with Crippen LogP contribution in [0.25, 0.3) is 0 Å². The van der Waals surface area contributed by atoms with Crippen molar-refractivity contribution in [2.24, 2.45) is 33.7 Å². The van der Waals surface area contributed by atoms with E-state index in [1.807, 2.05) is 0 Å². The van der Waals surface area contributed by atoms with Gasteiger partial charge in [-0.2, -0.15) is 0 Å². The Hall–Kier alpha value is -2.71. The number of allylic oxidation sites excluding steroid dienone is 2. The number of hydrogen-bond donors (Lipinski definition) is 4. The number of aliphatic carboxylic acids is 1. The number of fused-ring (bicyclic) bond motifs is 5. The summed E-state index contributed by atoms with van der Waals surface area (Å²) in [6, 6.07) is 6.87. The molecule has 1 aromatic carbocycles. The van der Waals surface area contributed by atoms with Crippen molar-refractivity contribution in [3.8, 4) is 0 Å². The Morgan fingerprint density at radius 2 is 1.84 bits per heavy atom. The largest absolute Gasteiger partial charge is 0.480 e. The molecule has 5 rings (SSSR count). The highest BCUT2D eigenvalue weighted by molar-refractivity contribution is 5.96. The second-order valence-corrected chi connectivity index (χ2v) is 12.2. The molecule has 0 bridgehead atoms. The summed E-state index contributed by atoms with van der Waals surface area (Å²) >= 11 is 0. The zero-order valence-corrected chi connectivity index (χ0v) is 22.3. The van der Waals surface area contributed by atoms with Gasteiger partial charge in [-0.15, -0.1) is 0 Å². The molecule has 4 aliphatic rings. The van der Waals surface area contributed by atoms with Crippen LogP contribution in [0, 0.1) is 28.6 Å². The summed E-state index contributed by atoms with van der Waals surface area (Å²) in [7, 11) is 0. The molecule has 1 aromatic rings. The van der Waals surface area contributed by atoms with Crippen molar-refractivity contribution in [2.75, 3.05) is 6.61 Å². The number of hydrogen-bond acceptors (Lipinski definition) is 6. The molecule has 0 aliphatic heterocycles. The summed E-state index contributed by atoms with van der Waals surface area (Å²) in [5.41, 5.74) is 2.83. The SMILES string of the molecule is C[C@@]12CCC3C(CCC4=C/C(=N/OCC(=O)NC(C(=O)O)C(O)c5ccccc5)CC[C@]43C)C1CCC2O. The second kappa shape index (κ2) is 10.5. The predicted octanol–water partition coefficient (Wildman–Crippen LogP) is 3.99. The lowest BCUT2D eigenvalue weighted by Crippen LogP contribution is -2.51. The van der Waals surface area contributed by atoms with E-state index in [4.69, 9.17) is 4.84 Å².